The predicted molar refractivity (Wildman–Crippen MR) is 256 cm³/mol. The highest BCUT2D eigenvalue weighted by molar-refractivity contribution is 7.47. The van der Waals surface area contributed by atoms with Crippen molar-refractivity contribution in [2.24, 2.45) is 0 Å². The standard InChI is InChI=1S/C51H99O10P/c1-3-5-7-9-11-13-15-17-19-21-22-23-24-25-26-27-29-30-32-34-36-38-40-42-50(54)58-46-49(47-60-62(56,57)59-45-48(53)44-52)61-51(55)43-41-39-37-35-33-31-28-20-18-16-14-12-10-8-6-4-2/h20,28,48-49,52-53H,3-19,21-27,29-47H2,1-2H3,(H,56,57)/b28-20-. The Kier molecular flexibility index (Phi) is 46.7. The van der Waals surface area contributed by atoms with Crippen LogP contribution in [0.2, 0.25) is 0 Å². The van der Waals surface area contributed by atoms with Crippen molar-refractivity contribution in [1.29, 1.82) is 0 Å². The summed E-state index contributed by atoms with van der Waals surface area (Å²) in [6.07, 6.45) is 49.0. The molecule has 0 aromatic carbocycles. The summed E-state index contributed by atoms with van der Waals surface area (Å²) in [4.78, 5) is 35.2. The average Bonchev–Trinajstić information content (AvgIpc) is 3.26. The molecule has 0 heterocycles. The third kappa shape index (κ3) is 46.7. The Bertz CT molecular complexity index is 1040. The van der Waals surface area contributed by atoms with E-state index < -0.39 is 51.8 Å². The molecule has 0 amide bonds. The molecule has 62 heavy (non-hydrogen) atoms. The minimum Gasteiger partial charge on any atom is -0.462 e. The fraction of sp³-hybridized carbons (Fsp3) is 0.922. The monoisotopic (exact) mass is 903 g/mol. The van der Waals surface area contributed by atoms with E-state index in [0.717, 1.165) is 51.4 Å². The van der Waals surface area contributed by atoms with Crippen molar-refractivity contribution in [2.75, 3.05) is 26.4 Å². The van der Waals surface area contributed by atoms with Gasteiger partial charge in [-0.15, -0.1) is 0 Å². The van der Waals surface area contributed by atoms with Gasteiger partial charge in [-0.25, -0.2) is 4.57 Å². The van der Waals surface area contributed by atoms with E-state index in [1.807, 2.05) is 0 Å². The number of carbonyl (C=O) groups is 2. The van der Waals surface area contributed by atoms with Crippen LogP contribution in [0.3, 0.4) is 0 Å². The van der Waals surface area contributed by atoms with E-state index in [9.17, 15) is 24.2 Å². The molecule has 0 rings (SSSR count). The first-order chi connectivity index (χ1) is 30.2. The Hall–Kier alpha value is -1.29. The van der Waals surface area contributed by atoms with Crippen LogP contribution in [0.25, 0.3) is 0 Å². The Morgan fingerprint density at radius 2 is 0.790 bits per heavy atom. The molecule has 11 heteroatoms. The molecule has 0 fully saturated rings. The van der Waals surface area contributed by atoms with Crippen molar-refractivity contribution in [2.45, 2.75) is 276 Å². The summed E-state index contributed by atoms with van der Waals surface area (Å²) in [5.41, 5.74) is 0. The van der Waals surface area contributed by atoms with Crippen molar-refractivity contribution in [3.8, 4) is 0 Å². The molecule has 0 saturated heterocycles. The van der Waals surface area contributed by atoms with Crippen LogP contribution in [0.15, 0.2) is 12.2 Å². The Balaban J connectivity index is 4.10. The van der Waals surface area contributed by atoms with Gasteiger partial charge in [-0.1, -0.05) is 225 Å². The van der Waals surface area contributed by atoms with Gasteiger partial charge in [0.15, 0.2) is 6.10 Å². The molecule has 3 unspecified atom stereocenters. The maximum Gasteiger partial charge on any atom is 0.472 e. The Morgan fingerprint density at radius 3 is 1.16 bits per heavy atom. The van der Waals surface area contributed by atoms with Gasteiger partial charge in [-0.3, -0.25) is 18.6 Å². The Morgan fingerprint density at radius 1 is 0.468 bits per heavy atom. The first-order valence-corrected chi connectivity index (χ1v) is 27.6. The van der Waals surface area contributed by atoms with Gasteiger partial charge in [-0.2, -0.15) is 0 Å². The largest absolute Gasteiger partial charge is 0.472 e. The fourth-order valence-corrected chi connectivity index (χ4v) is 8.43. The first kappa shape index (κ1) is 60.7. The molecule has 0 aliphatic heterocycles. The quantitative estimate of drug-likeness (QED) is 0.0233. The molecule has 0 spiro atoms. The highest BCUT2D eigenvalue weighted by Gasteiger charge is 2.27. The van der Waals surface area contributed by atoms with Crippen LogP contribution in [-0.2, 0) is 32.7 Å². The smallest absolute Gasteiger partial charge is 0.462 e. The molecule has 0 saturated carbocycles. The summed E-state index contributed by atoms with van der Waals surface area (Å²) >= 11 is 0. The molecule has 0 radical (unpaired) electrons. The van der Waals surface area contributed by atoms with E-state index in [1.165, 1.54) is 173 Å². The van der Waals surface area contributed by atoms with Crippen molar-refractivity contribution in [1.82, 2.24) is 0 Å². The zero-order valence-corrected chi connectivity index (χ0v) is 41.3. The number of phosphoric ester groups is 1. The SMILES string of the molecule is CCCCCCCCC/C=C\CCCCCCCC(=O)OC(COC(=O)CCCCCCCCCCCCCCCCCCCCCCCCC)COP(=O)(O)OCC(O)CO. The van der Waals surface area contributed by atoms with Gasteiger partial charge in [0.05, 0.1) is 19.8 Å². The lowest BCUT2D eigenvalue weighted by atomic mass is 10.0. The van der Waals surface area contributed by atoms with Crippen LogP contribution in [0, 0.1) is 0 Å². The third-order valence-electron chi connectivity index (χ3n) is 11.7. The van der Waals surface area contributed by atoms with Crippen LogP contribution >= 0.6 is 7.82 Å². The number of ether oxygens (including phenoxy) is 2. The molecular formula is C51H99O10P. The first-order valence-electron chi connectivity index (χ1n) is 26.1. The molecule has 0 aliphatic carbocycles. The average molecular weight is 903 g/mol. The number of aliphatic hydroxyl groups is 2. The maximum absolute atomic E-state index is 12.7. The molecule has 0 bridgehead atoms. The summed E-state index contributed by atoms with van der Waals surface area (Å²) in [7, 11) is -4.62. The second kappa shape index (κ2) is 47.7. The summed E-state index contributed by atoms with van der Waals surface area (Å²) < 4.78 is 32.9. The van der Waals surface area contributed by atoms with Gasteiger partial charge in [0.2, 0.25) is 0 Å². The minimum atomic E-state index is -4.62. The van der Waals surface area contributed by atoms with Gasteiger partial charge in [0, 0.05) is 12.8 Å². The summed E-state index contributed by atoms with van der Waals surface area (Å²) in [5, 5.41) is 18.4. The fourth-order valence-electron chi connectivity index (χ4n) is 7.64. The molecular weight excluding hydrogens is 804 g/mol. The molecule has 10 nitrogen and oxygen atoms in total. The van der Waals surface area contributed by atoms with Crippen LogP contribution < -0.4 is 0 Å². The van der Waals surface area contributed by atoms with E-state index in [1.54, 1.807) is 0 Å². The number of allylic oxidation sites excluding steroid dienone is 2. The third-order valence-corrected chi connectivity index (χ3v) is 12.6. The van der Waals surface area contributed by atoms with Crippen molar-refractivity contribution >= 4 is 19.8 Å². The summed E-state index contributed by atoms with van der Waals surface area (Å²) in [6, 6.07) is 0. The van der Waals surface area contributed by atoms with Crippen molar-refractivity contribution in [3.63, 3.8) is 0 Å². The second-order valence-electron chi connectivity index (χ2n) is 17.9. The number of esters is 2. The highest BCUT2D eigenvalue weighted by atomic mass is 31.2. The maximum atomic E-state index is 12.7. The van der Waals surface area contributed by atoms with Crippen molar-refractivity contribution in [3.05, 3.63) is 12.2 Å². The molecule has 3 atom stereocenters. The zero-order valence-electron chi connectivity index (χ0n) is 40.4. The lowest BCUT2D eigenvalue weighted by molar-refractivity contribution is -0.161. The predicted octanol–water partition coefficient (Wildman–Crippen LogP) is 14.7. The van der Waals surface area contributed by atoms with E-state index in [4.69, 9.17) is 23.6 Å². The van der Waals surface area contributed by atoms with Crippen LogP contribution in [0.4, 0.5) is 0 Å². The summed E-state index contributed by atoms with van der Waals surface area (Å²) in [6.45, 7) is 2.43. The van der Waals surface area contributed by atoms with Crippen LogP contribution in [-0.4, -0.2) is 65.7 Å². The second-order valence-corrected chi connectivity index (χ2v) is 19.4. The molecule has 0 aromatic heterocycles. The molecule has 3 N–H and O–H groups in total. The molecule has 368 valence electrons. The number of aliphatic hydroxyl groups excluding tert-OH is 2. The number of hydrogen-bond donors (Lipinski definition) is 3. The lowest BCUT2D eigenvalue weighted by Crippen LogP contribution is -2.29. The van der Waals surface area contributed by atoms with Gasteiger partial charge >= 0.3 is 19.8 Å². The van der Waals surface area contributed by atoms with E-state index in [2.05, 4.69) is 26.0 Å². The van der Waals surface area contributed by atoms with Gasteiger partial charge in [0.1, 0.15) is 12.7 Å². The number of phosphoric acid groups is 1. The van der Waals surface area contributed by atoms with E-state index in [0.29, 0.717) is 12.8 Å². The molecule has 0 aliphatic rings. The Labute approximate surface area is 381 Å². The van der Waals surface area contributed by atoms with Gasteiger partial charge in [0.25, 0.3) is 0 Å². The van der Waals surface area contributed by atoms with Gasteiger partial charge < -0.3 is 24.6 Å². The minimum absolute atomic E-state index is 0.179. The lowest BCUT2D eigenvalue weighted by Gasteiger charge is -2.20. The zero-order chi connectivity index (χ0) is 45.5. The number of hydrogen-bond acceptors (Lipinski definition) is 9. The van der Waals surface area contributed by atoms with E-state index >= 15 is 0 Å². The number of rotatable bonds is 50. The number of carbonyl (C=O) groups excluding carboxylic acids is 2. The van der Waals surface area contributed by atoms with Gasteiger partial charge in [-0.05, 0) is 38.5 Å². The highest BCUT2D eigenvalue weighted by Crippen LogP contribution is 2.43. The topological polar surface area (TPSA) is 149 Å². The molecule has 0 aromatic rings. The van der Waals surface area contributed by atoms with Crippen LogP contribution in [0.5, 0.6) is 0 Å². The number of unbranched alkanes of at least 4 members (excludes halogenated alkanes) is 34. The van der Waals surface area contributed by atoms with Crippen molar-refractivity contribution < 1.29 is 47.8 Å². The van der Waals surface area contributed by atoms with Crippen LogP contribution in [0.1, 0.15) is 264 Å². The van der Waals surface area contributed by atoms with E-state index in [-0.39, 0.29) is 19.4 Å². The normalized spacial score (nSPS) is 13.7. The summed E-state index contributed by atoms with van der Waals surface area (Å²) in [5.74, 6) is -0.918.